The second kappa shape index (κ2) is 9.73. The molecule has 0 radical (unpaired) electrons. The molecule has 9 nitrogen and oxygen atoms in total. The van der Waals surface area contributed by atoms with Crippen molar-refractivity contribution in [2.45, 2.75) is 32.6 Å². The number of amides is 1. The maximum absolute atomic E-state index is 12.6. The van der Waals surface area contributed by atoms with Crippen molar-refractivity contribution in [2.24, 2.45) is 0 Å². The second-order valence-corrected chi connectivity index (χ2v) is 8.52. The topological polar surface area (TPSA) is 120 Å². The number of benzene rings is 2. The van der Waals surface area contributed by atoms with Gasteiger partial charge >= 0.3 is 0 Å². The zero-order chi connectivity index (χ0) is 23.3. The highest BCUT2D eigenvalue weighted by Crippen LogP contribution is 2.29. The molecule has 1 heterocycles. The van der Waals surface area contributed by atoms with Gasteiger partial charge in [0.2, 0.25) is 5.88 Å². The zero-order valence-corrected chi connectivity index (χ0v) is 19.1. The summed E-state index contributed by atoms with van der Waals surface area (Å²) < 4.78 is 43.6. The number of rotatable bonds is 9. The lowest BCUT2D eigenvalue weighted by Crippen LogP contribution is -2.14. The fourth-order valence-electron chi connectivity index (χ4n) is 2.80. The summed E-state index contributed by atoms with van der Waals surface area (Å²) in [5, 5.41) is 6.48. The molecule has 2 N–H and O–H groups in total. The van der Waals surface area contributed by atoms with Crippen molar-refractivity contribution in [2.75, 3.05) is 23.3 Å². The van der Waals surface area contributed by atoms with Crippen molar-refractivity contribution < 1.29 is 27.2 Å². The molecule has 0 bridgehead atoms. The molecule has 0 aliphatic rings. The van der Waals surface area contributed by atoms with E-state index in [2.05, 4.69) is 15.2 Å². The molecule has 3 rings (SSSR count). The molecule has 0 atom stereocenters. The number of carbonyl (C=O) groups excluding carboxylic acids is 1. The Bertz CT molecular complexity index is 1200. The fraction of sp³-hybridized carbons (Fsp3) is 0.273. The SMILES string of the molecule is CCOc1ccc(C(=O)Nc2ccc(S(=O)(=O)Nc3onc(C)c3C)cc2)cc1OCC. The fourth-order valence-corrected chi connectivity index (χ4v) is 3.85. The molecule has 0 spiro atoms. The lowest BCUT2D eigenvalue weighted by atomic mass is 10.2. The number of carbonyl (C=O) groups is 1. The lowest BCUT2D eigenvalue weighted by Gasteiger charge is -2.13. The Labute approximate surface area is 186 Å². The highest BCUT2D eigenvalue weighted by Gasteiger charge is 2.19. The Morgan fingerprint density at radius 3 is 2.25 bits per heavy atom. The van der Waals surface area contributed by atoms with E-state index in [4.69, 9.17) is 14.0 Å². The molecular formula is C22H25N3O6S. The van der Waals surface area contributed by atoms with Gasteiger partial charge in [-0.15, -0.1) is 0 Å². The van der Waals surface area contributed by atoms with E-state index in [9.17, 15) is 13.2 Å². The second-order valence-electron chi connectivity index (χ2n) is 6.83. The van der Waals surface area contributed by atoms with E-state index in [-0.39, 0.29) is 16.7 Å². The monoisotopic (exact) mass is 459 g/mol. The minimum Gasteiger partial charge on any atom is -0.490 e. The number of anilines is 2. The third-order valence-electron chi connectivity index (χ3n) is 4.61. The third kappa shape index (κ3) is 5.20. The van der Waals surface area contributed by atoms with Gasteiger partial charge in [0.15, 0.2) is 11.5 Å². The zero-order valence-electron chi connectivity index (χ0n) is 18.3. The number of nitrogens with zero attached hydrogens (tertiary/aromatic N) is 1. The molecule has 3 aromatic rings. The molecule has 10 heteroatoms. The quantitative estimate of drug-likeness (QED) is 0.493. The molecule has 1 aromatic heterocycles. The summed E-state index contributed by atoms with van der Waals surface area (Å²) in [6.45, 7) is 8.05. The van der Waals surface area contributed by atoms with E-state index < -0.39 is 10.0 Å². The number of aryl methyl sites for hydroxylation is 1. The van der Waals surface area contributed by atoms with Gasteiger partial charge in [0.25, 0.3) is 15.9 Å². The Balaban J connectivity index is 1.73. The van der Waals surface area contributed by atoms with Crippen LogP contribution >= 0.6 is 0 Å². The van der Waals surface area contributed by atoms with Crippen LogP contribution in [0.25, 0.3) is 0 Å². The molecule has 0 saturated carbocycles. The van der Waals surface area contributed by atoms with E-state index >= 15 is 0 Å². The maximum atomic E-state index is 12.6. The van der Waals surface area contributed by atoms with E-state index in [1.54, 1.807) is 32.0 Å². The normalized spacial score (nSPS) is 11.1. The lowest BCUT2D eigenvalue weighted by molar-refractivity contribution is 0.102. The van der Waals surface area contributed by atoms with Crippen LogP contribution in [0.3, 0.4) is 0 Å². The van der Waals surface area contributed by atoms with E-state index in [0.717, 1.165) is 0 Å². The van der Waals surface area contributed by atoms with Crippen LogP contribution < -0.4 is 19.5 Å². The van der Waals surface area contributed by atoms with Crippen molar-refractivity contribution in [3.05, 3.63) is 59.3 Å². The van der Waals surface area contributed by atoms with Crippen LogP contribution in [0.2, 0.25) is 0 Å². The minimum absolute atomic E-state index is 0.0173. The van der Waals surface area contributed by atoms with Crippen molar-refractivity contribution in [1.29, 1.82) is 0 Å². The first-order valence-electron chi connectivity index (χ1n) is 10.0. The van der Waals surface area contributed by atoms with Crippen LogP contribution in [0.15, 0.2) is 51.9 Å². The van der Waals surface area contributed by atoms with Crippen LogP contribution in [0.1, 0.15) is 35.5 Å². The van der Waals surface area contributed by atoms with Gasteiger partial charge in [-0.05, 0) is 70.2 Å². The predicted molar refractivity (Wildman–Crippen MR) is 120 cm³/mol. The minimum atomic E-state index is -3.87. The highest BCUT2D eigenvalue weighted by molar-refractivity contribution is 7.92. The van der Waals surface area contributed by atoms with Crippen molar-refractivity contribution in [3.8, 4) is 11.5 Å². The molecule has 2 aromatic carbocycles. The number of sulfonamides is 1. The molecule has 0 saturated heterocycles. The summed E-state index contributed by atoms with van der Waals surface area (Å²) in [6.07, 6.45) is 0. The predicted octanol–water partition coefficient (Wildman–Crippen LogP) is 4.14. The summed E-state index contributed by atoms with van der Waals surface area (Å²) in [5.41, 5.74) is 2.03. The smallest absolute Gasteiger partial charge is 0.264 e. The number of hydrogen-bond donors (Lipinski definition) is 2. The van der Waals surface area contributed by atoms with Crippen LogP contribution in [0, 0.1) is 13.8 Å². The summed E-state index contributed by atoms with van der Waals surface area (Å²) in [4.78, 5) is 12.7. The van der Waals surface area contributed by atoms with Crippen LogP contribution in [-0.4, -0.2) is 32.7 Å². The first-order chi connectivity index (χ1) is 15.2. The first kappa shape index (κ1) is 23.1. The van der Waals surface area contributed by atoms with Crippen LogP contribution in [0.4, 0.5) is 11.6 Å². The maximum Gasteiger partial charge on any atom is 0.264 e. The van der Waals surface area contributed by atoms with Gasteiger partial charge in [0.1, 0.15) is 0 Å². The summed E-state index contributed by atoms with van der Waals surface area (Å²) in [7, 11) is -3.87. The van der Waals surface area contributed by atoms with Gasteiger partial charge in [-0.2, -0.15) is 0 Å². The first-order valence-corrected chi connectivity index (χ1v) is 11.5. The number of hydrogen-bond acceptors (Lipinski definition) is 7. The molecule has 0 aliphatic carbocycles. The molecular weight excluding hydrogens is 434 g/mol. The van der Waals surface area contributed by atoms with E-state index in [1.165, 1.54) is 24.3 Å². The molecule has 32 heavy (non-hydrogen) atoms. The van der Waals surface area contributed by atoms with Gasteiger partial charge in [-0.3, -0.25) is 4.79 Å². The average Bonchev–Trinajstić information content (AvgIpc) is 3.07. The Morgan fingerprint density at radius 2 is 1.66 bits per heavy atom. The van der Waals surface area contributed by atoms with E-state index in [0.29, 0.717) is 47.2 Å². The number of aromatic nitrogens is 1. The van der Waals surface area contributed by atoms with Crippen LogP contribution in [0.5, 0.6) is 11.5 Å². The number of nitrogens with one attached hydrogen (secondary N) is 2. The average molecular weight is 460 g/mol. The van der Waals surface area contributed by atoms with Gasteiger partial charge in [0, 0.05) is 16.8 Å². The summed E-state index contributed by atoms with van der Waals surface area (Å²) in [6, 6.07) is 10.7. The summed E-state index contributed by atoms with van der Waals surface area (Å²) in [5.74, 6) is 0.744. The molecule has 1 amide bonds. The van der Waals surface area contributed by atoms with Crippen molar-refractivity contribution >= 4 is 27.5 Å². The van der Waals surface area contributed by atoms with Gasteiger partial charge in [0.05, 0.1) is 23.8 Å². The molecule has 0 fully saturated rings. The van der Waals surface area contributed by atoms with Crippen molar-refractivity contribution in [3.63, 3.8) is 0 Å². The highest BCUT2D eigenvalue weighted by atomic mass is 32.2. The van der Waals surface area contributed by atoms with Gasteiger partial charge < -0.3 is 19.3 Å². The third-order valence-corrected chi connectivity index (χ3v) is 5.96. The Morgan fingerprint density at radius 1 is 1.00 bits per heavy atom. The van der Waals surface area contributed by atoms with Crippen molar-refractivity contribution in [1.82, 2.24) is 5.16 Å². The molecule has 170 valence electrons. The standard InChI is InChI=1S/C22H25N3O6S/c1-5-29-19-12-7-16(13-20(19)30-6-2)21(26)23-17-8-10-18(11-9-17)32(27,28)25-22-14(3)15(4)24-31-22/h7-13,25H,5-6H2,1-4H3,(H,23,26). The Hall–Kier alpha value is -3.53. The molecule has 0 unspecified atom stereocenters. The van der Waals surface area contributed by atoms with Gasteiger partial charge in [-0.25, -0.2) is 13.1 Å². The summed E-state index contributed by atoms with van der Waals surface area (Å²) >= 11 is 0. The largest absolute Gasteiger partial charge is 0.490 e. The van der Waals surface area contributed by atoms with Gasteiger partial charge in [-0.1, -0.05) is 5.16 Å². The number of ether oxygens (including phenoxy) is 2. The Kier molecular flexibility index (Phi) is 7.04. The van der Waals surface area contributed by atoms with Crippen LogP contribution in [-0.2, 0) is 10.0 Å². The van der Waals surface area contributed by atoms with E-state index in [1.807, 2.05) is 13.8 Å². The molecule has 0 aliphatic heterocycles.